The number of hydrogen-bond acceptors (Lipinski definition) is 7. The summed E-state index contributed by atoms with van der Waals surface area (Å²) in [6.45, 7) is 1.06. The van der Waals surface area contributed by atoms with Gasteiger partial charge >= 0.3 is 12.1 Å². The number of para-hydroxylation sites is 1. The van der Waals surface area contributed by atoms with Crippen LogP contribution in [0.5, 0.6) is 0 Å². The van der Waals surface area contributed by atoms with E-state index in [1.54, 1.807) is 0 Å². The van der Waals surface area contributed by atoms with E-state index in [-0.39, 0.29) is 6.61 Å². The number of benzene rings is 1. The second-order valence-corrected chi connectivity index (χ2v) is 3.86. The maximum atomic E-state index is 12.5. The zero-order chi connectivity index (χ0) is 17.6. The highest BCUT2D eigenvalue weighted by Gasteiger charge is 2.39. The van der Waals surface area contributed by atoms with Crippen LogP contribution in [0.1, 0.15) is 6.92 Å². The predicted octanol–water partition coefficient (Wildman–Crippen LogP) is 3.57. The topological polar surface area (TPSA) is 114 Å². The lowest BCUT2D eigenvalue weighted by molar-refractivity contribution is -0.384. The molecule has 0 aromatic heterocycles. The first-order valence-electron chi connectivity index (χ1n) is 6.01. The summed E-state index contributed by atoms with van der Waals surface area (Å²) >= 11 is 0. The molecule has 0 aliphatic rings. The smallest absolute Gasteiger partial charge is 0.451 e. The molecule has 0 unspecified atom stereocenters. The molecule has 0 fully saturated rings. The highest BCUT2D eigenvalue weighted by Crippen LogP contribution is 2.30. The van der Waals surface area contributed by atoms with Crippen LogP contribution in [0.25, 0.3) is 0 Å². The molecule has 0 amide bonds. The molecule has 23 heavy (non-hydrogen) atoms. The van der Waals surface area contributed by atoms with Crippen LogP contribution in [-0.4, -0.2) is 28.8 Å². The molecule has 0 saturated carbocycles. The van der Waals surface area contributed by atoms with E-state index in [2.05, 4.69) is 15.0 Å². The lowest BCUT2D eigenvalue weighted by atomic mass is 10.3. The minimum atomic E-state index is -5.26. The minimum absolute atomic E-state index is 0.269. The van der Waals surface area contributed by atoms with Crippen molar-refractivity contribution in [1.82, 2.24) is 0 Å². The molecule has 1 N–H and O–H groups in total. The number of hydrogen-bond donors (Lipinski definition) is 1. The maximum absolute atomic E-state index is 12.5. The third-order valence-corrected chi connectivity index (χ3v) is 2.30. The first-order valence-corrected chi connectivity index (χ1v) is 6.01. The number of halogens is 3. The van der Waals surface area contributed by atoms with Crippen LogP contribution in [0.15, 0.2) is 46.0 Å². The fourth-order valence-electron chi connectivity index (χ4n) is 1.33. The summed E-state index contributed by atoms with van der Waals surface area (Å²) < 4.78 is 41.9. The molecule has 0 saturated heterocycles. The first-order chi connectivity index (χ1) is 10.7. The Kier molecular flexibility index (Phi) is 5.76. The molecule has 1 rings (SSSR count). The third-order valence-electron chi connectivity index (χ3n) is 2.30. The zero-order valence-electron chi connectivity index (χ0n) is 11.6. The van der Waals surface area contributed by atoms with Crippen molar-refractivity contribution in [1.29, 1.82) is 0 Å². The minimum Gasteiger partial charge on any atom is -0.502 e. The number of nitro benzene ring substituents is 1. The molecule has 0 aliphatic carbocycles. The van der Waals surface area contributed by atoms with Crippen molar-refractivity contribution in [3.8, 4) is 0 Å². The molecule has 1 aromatic rings. The van der Waals surface area contributed by atoms with Gasteiger partial charge in [0.15, 0.2) is 5.69 Å². The molecule has 11 heteroatoms. The summed E-state index contributed by atoms with van der Waals surface area (Å²) in [6, 6.07) is 4.80. The highest BCUT2D eigenvalue weighted by atomic mass is 19.4. The van der Waals surface area contributed by atoms with Gasteiger partial charge in [-0.25, -0.2) is 4.79 Å². The van der Waals surface area contributed by atoms with E-state index in [1.165, 1.54) is 19.1 Å². The SMILES string of the molecule is CCOC(=O)/C(N=Nc1ccccc1[N+](=O)[O-])=C(/O)C(F)(F)F. The van der Waals surface area contributed by atoms with Gasteiger partial charge in [-0.15, -0.1) is 10.2 Å². The van der Waals surface area contributed by atoms with Gasteiger partial charge in [0.2, 0.25) is 11.5 Å². The van der Waals surface area contributed by atoms with E-state index in [9.17, 15) is 28.1 Å². The molecular formula is C12H10F3N3O5. The zero-order valence-corrected chi connectivity index (χ0v) is 11.6. The number of aliphatic hydroxyl groups excluding tert-OH is 1. The van der Waals surface area contributed by atoms with E-state index < -0.39 is 39.9 Å². The number of alkyl halides is 3. The van der Waals surface area contributed by atoms with Crippen molar-refractivity contribution < 1.29 is 32.7 Å². The summed E-state index contributed by atoms with van der Waals surface area (Å²) in [5, 5.41) is 26.0. The van der Waals surface area contributed by atoms with Crippen LogP contribution in [0.2, 0.25) is 0 Å². The van der Waals surface area contributed by atoms with Crippen molar-refractivity contribution in [3.05, 3.63) is 45.8 Å². The second-order valence-electron chi connectivity index (χ2n) is 3.86. The Morgan fingerprint density at radius 1 is 1.39 bits per heavy atom. The number of nitrogens with zero attached hydrogens (tertiary/aromatic N) is 3. The van der Waals surface area contributed by atoms with E-state index in [4.69, 9.17) is 5.11 Å². The molecule has 0 spiro atoms. The van der Waals surface area contributed by atoms with E-state index in [1.807, 2.05) is 0 Å². The van der Waals surface area contributed by atoms with E-state index in [0.29, 0.717) is 0 Å². The maximum Gasteiger partial charge on any atom is 0.451 e. The Balaban J connectivity index is 3.32. The van der Waals surface area contributed by atoms with Crippen molar-refractivity contribution in [2.75, 3.05) is 6.61 Å². The number of aliphatic hydroxyl groups is 1. The Hall–Kier alpha value is -2.98. The number of esters is 1. The third kappa shape index (κ3) is 4.76. The van der Waals surface area contributed by atoms with Crippen LogP contribution < -0.4 is 0 Å². The van der Waals surface area contributed by atoms with Crippen molar-refractivity contribution in [2.24, 2.45) is 10.2 Å². The van der Waals surface area contributed by atoms with Gasteiger partial charge in [0, 0.05) is 6.07 Å². The molecular weight excluding hydrogens is 323 g/mol. The fraction of sp³-hybridized carbons (Fsp3) is 0.250. The van der Waals surface area contributed by atoms with Gasteiger partial charge in [-0.05, 0) is 13.0 Å². The van der Waals surface area contributed by atoms with Gasteiger partial charge in [0.1, 0.15) is 0 Å². The van der Waals surface area contributed by atoms with Crippen molar-refractivity contribution >= 4 is 17.3 Å². The fourth-order valence-corrected chi connectivity index (χ4v) is 1.33. The molecule has 0 aliphatic heterocycles. The second kappa shape index (κ2) is 7.33. The summed E-state index contributed by atoms with van der Waals surface area (Å²) in [6.07, 6.45) is -5.26. The standard InChI is InChI=1S/C12H10F3N3O5/c1-2-23-11(20)9(10(19)12(13,14)15)17-16-7-5-3-4-6-8(7)18(21)22/h3-6,19H,2H2,1H3/b10-9-,17-16?. The molecule has 0 atom stereocenters. The van der Waals surface area contributed by atoms with E-state index in [0.717, 1.165) is 12.1 Å². The first kappa shape index (κ1) is 18.1. The molecule has 8 nitrogen and oxygen atoms in total. The Morgan fingerprint density at radius 2 is 2.00 bits per heavy atom. The number of rotatable bonds is 5. The summed E-state index contributed by atoms with van der Waals surface area (Å²) in [7, 11) is 0. The van der Waals surface area contributed by atoms with Gasteiger partial charge in [0.05, 0.1) is 11.5 Å². The number of azo groups is 1. The van der Waals surface area contributed by atoms with Crippen molar-refractivity contribution in [3.63, 3.8) is 0 Å². The average molecular weight is 333 g/mol. The molecule has 0 bridgehead atoms. The van der Waals surface area contributed by atoms with Gasteiger partial charge in [-0.3, -0.25) is 10.1 Å². The average Bonchev–Trinajstić information content (AvgIpc) is 2.46. The number of carbonyl (C=O) groups is 1. The normalized spacial score (nSPS) is 12.9. The summed E-state index contributed by atoms with van der Waals surface area (Å²) in [5.41, 5.74) is -2.43. The van der Waals surface area contributed by atoms with Crippen molar-refractivity contribution in [2.45, 2.75) is 13.1 Å². The molecule has 0 heterocycles. The van der Waals surface area contributed by atoms with Gasteiger partial charge < -0.3 is 9.84 Å². The predicted molar refractivity (Wildman–Crippen MR) is 70.0 cm³/mol. The molecule has 1 aromatic carbocycles. The number of ether oxygens (including phenoxy) is 1. The number of nitro groups is 1. The van der Waals surface area contributed by atoms with Crippen LogP contribution in [-0.2, 0) is 9.53 Å². The van der Waals surface area contributed by atoms with Crippen LogP contribution in [0.4, 0.5) is 24.5 Å². The Bertz CT molecular complexity index is 670. The van der Waals surface area contributed by atoms with Gasteiger partial charge in [0.25, 0.3) is 5.69 Å². The molecule has 0 radical (unpaired) electrons. The molecule has 124 valence electrons. The highest BCUT2D eigenvalue weighted by molar-refractivity contribution is 5.88. The lowest BCUT2D eigenvalue weighted by Gasteiger charge is -2.08. The van der Waals surface area contributed by atoms with E-state index >= 15 is 0 Å². The number of carbonyl (C=O) groups excluding carboxylic acids is 1. The van der Waals surface area contributed by atoms with Crippen LogP contribution in [0.3, 0.4) is 0 Å². The van der Waals surface area contributed by atoms with Crippen LogP contribution >= 0.6 is 0 Å². The monoisotopic (exact) mass is 333 g/mol. The quantitative estimate of drug-likeness (QED) is 0.221. The summed E-state index contributed by atoms with van der Waals surface area (Å²) in [5.74, 6) is -3.87. The lowest BCUT2D eigenvalue weighted by Crippen LogP contribution is -2.18. The Morgan fingerprint density at radius 3 is 2.52 bits per heavy atom. The summed E-state index contributed by atoms with van der Waals surface area (Å²) in [4.78, 5) is 21.4. The van der Waals surface area contributed by atoms with Crippen LogP contribution in [0, 0.1) is 10.1 Å². The Labute approximate surface area is 127 Å². The largest absolute Gasteiger partial charge is 0.502 e. The van der Waals surface area contributed by atoms with Gasteiger partial charge in [-0.2, -0.15) is 13.2 Å². The van der Waals surface area contributed by atoms with Gasteiger partial charge in [-0.1, -0.05) is 12.1 Å². The number of allylic oxidation sites excluding steroid dienone is 1.